The second-order valence-electron chi connectivity index (χ2n) is 4.31. The minimum absolute atomic E-state index is 0.206. The lowest BCUT2D eigenvalue weighted by molar-refractivity contribution is -0.176. The number of sulfonamides is 1. The second-order valence-corrected chi connectivity index (χ2v) is 6.07. The van der Waals surface area contributed by atoms with Crippen molar-refractivity contribution in [2.45, 2.75) is 5.51 Å². The van der Waals surface area contributed by atoms with Gasteiger partial charge in [-0.3, -0.25) is 14.6 Å². The number of nitrogens with one attached hydrogen (secondary N) is 2. The Labute approximate surface area is 129 Å². The summed E-state index contributed by atoms with van der Waals surface area (Å²) in [4.78, 5) is 21.4. The highest BCUT2D eigenvalue weighted by molar-refractivity contribution is 7.90. The Morgan fingerprint density at radius 3 is 2.52 bits per heavy atom. The summed E-state index contributed by atoms with van der Waals surface area (Å²) in [6.07, 6.45) is 1.38. The van der Waals surface area contributed by atoms with E-state index in [4.69, 9.17) is 9.78 Å². The van der Waals surface area contributed by atoms with Gasteiger partial charge in [-0.15, -0.1) is 0 Å². The normalized spacial score (nSPS) is 14.1. The highest BCUT2D eigenvalue weighted by Crippen LogP contribution is 2.26. The lowest BCUT2D eigenvalue weighted by atomic mass is 10.1. The average molecular weight is 352 g/mol. The molecule has 1 aromatic carbocycles. The van der Waals surface area contributed by atoms with Gasteiger partial charge in [0, 0.05) is 24.7 Å². The molecule has 1 aliphatic rings. The van der Waals surface area contributed by atoms with Crippen LogP contribution in [0.5, 0.6) is 5.75 Å². The molecule has 126 valence electrons. The fourth-order valence-electron chi connectivity index (χ4n) is 1.56. The zero-order valence-corrected chi connectivity index (χ0v) is 12.2. The first-order valence-corrected chi connectivity index (χ1v) is 7.68. The van der Waals surface area contributed by atoms with Gasteiger partial charge in [-0.1, -0.05) is 18.2 Å². The van der Waals surface area contributed by atoms with Crippen LogP contribution in [0, 0.1) is 0 Å². The molecular formula is C12H11F3N2O5S. The number of amides is 1. The molecular weight excluding hydrogens is 341 g/mol. The monoisotopic (exact) mass is 352 g/mol. The molecule has 0 radical (unpaired) electrons. The lowest BCUT2D eigenvalue weighted by Crippen LogP contribution is -2.41. The van der Waals surface area contributed by atoms with Gasteiger partial charge in [0.05, 0.1) is 0 Å². The van der Waals surface area contributed by atoms with Gasteiger partial charge in [-0.2, -0.15) is 13.2 Å². The summed E-state index contributed by atoms with van der Waals surface area (Å²) in [5, 5.41) is 2.20. The van der Waals surface area contributed by atoms with E-state index >= 15 is 0 Å². The predicted molar refractivity (Wildman–Crippen MR) is 72.1 cm³/mol. The van der Waals surface area contributed by atoms with Crippen LogP contribution < -0.4 is 14.9 Å². The minimum atomic E-state index is -5.43. The fraction of sp³-hybridized carbons (Fsp3) is 0.250. The third kappa shape index (κ3) is 4.13. The van der Waals surface area contributed by atoms with E-state index in [9.17, 15) is 26.4 Å². The van der Waals surface area contributed by atoms with Gasteiger partial charge in [0.2, 0.25) is 5.76 Å². The van der Waals surface area contributed by atoms with Gasteiger partial charge < -0.3 is 5.32 Å². The van der Waals surface area contributed by atoms with Gasteiger partial charge in [0.25, 0.3) is 5.91 Å². The smallest absolute Gasteiger partial charge is 0.348 e. The van der Waals surface area contributed by atoms with Crippen molar-refractivity contribution >= 4 is 22.0 Å². The highest BCUT2D eigenvalue weighted by atomic mass is 32.2. The fourth-order valence-corrected chi connectivity index (χ4v) is 2.10. The summed E-state index contributed by atoms with van der Waals surface area (Å²) in [6, 6.07) is 6.70. The van der Waals surface area contributed by atoms with E-state index < -0.39 is 28.0 Å². The molecule has 2 N–H and O–H groups in total. The van der Waals surface area contributed by atoms with Crippen molar-refractivity contribution < 1.29 is 36.2 Å². The molecule has 0 saturated heterocycles. The molecule has 0 saturated carbocycles. The molecule has 0 fully saturated rings. The molecule has 0 spiro atoms. The van der Waals surface area contributed by atoms with Gasteiger partial charge in [0.15, 0.2) is 5.75 Å². The largest absolute Gasteiger partial charge is 0.511 e. The van der Waals surface area contributed by atoms with Crippen molar-refractivity contribution in [2.75, 3.05) is 13.1 Å². The number of carbonyl (C=O) groups is 1. The Kier molecular flexibility index (Phi) is 4.80. The van der Waals surface area contributed by atoms with Gasteiger partial charge in [-0.25, -0.2) is 13.1 Å². The molecule has 11 heteroatoms. The number of hydrogen-bond donors (Lipinski definition) is 2. The first kappa shape index (κ1) is 17.1. The van der Waals surface area contributed by atoms with Crippen LogP contribution in [0.1, 0.15) is 5.56 Å². The first-order valence-electron chi connectivity index (χ1n) is 6.20. The Morgan fingerprint density at radius 2 is 1.83 bits per heavy atom. The summed E-state index contributed by atoms with van der Waals surface area (Å²) in [7, 11) is -5.43. The lowest BCUT2D eigenvalue weighted by Gasteiger charge is -2.16. The Hall–Kier alpha value is -2.27. The molecule has 1 amide bonds. The van der Waals surface area contributed by atoms with Crippen LogP contribution in [0.4, 0.5) is 13.2 Å². The standard InChI is InChI=1S/C12H11F3N2O5S/c13-12(14,15)23(19,20)17-6-5-16-11(18)10-7-8-3-1-2-4-9(8)21-22-10/h1-4,7,17H,5-6H2,(H,16,18). The van der Waals surface area contributed by atoms with Crippen LogP contribution >= 0.6 is 0 Å². The Morgan fingerprint density at radius 1 is 1.13 bits per heavy atom. The number of fused-ring (bicyclic) bond motifs is 1. The number of rotatable bonds is 5. The van der Waals surface area contributed by atoms with Crippen LogP contribution in [0.2, 0.25) is 0 Å². The number of para-hydroxylation sites is 1. The molecule has 1 heterocycles. The van der Waals surface area contributed by atoms with E-state index in [0.29, 0.717) is 11.3 Å². The molecule has 23 heavy (non-hydrogen) atoms. The zero-order chi connectivity index (χ0) is 17.1. The molecule has 1 aliphatic heterocycles. The van der Waals surface area contributed by atoms with E-state index in [0.717, 1.165) is 0 Å². The van der Waals surface area contributed by atoms with Crippen molar-refractivity contribution in [1.82, 2.24) is 10.0 Å². The van der Waals surface area contributed by atoms with E-state index in [2.05, 4.69) is 5.32 Å². The Balaban J connectivity index is 1.86. The predicted octanol–water partition coefficient (Wildman–Crippen LogP) is 0.907. The van der Waals surface area contributed by atoms with Gasteiger partial charge in [0.1, 0.15) is 0 Å². The first-order chi connectivity index (χ1) is 10.7. The van der Waals surface area contributed by atoms with E-state index in [-0.39, 0.29) is 12.3 Å². The van der Waals surface area contributed by atoms with Crippen molar-refractivity contribution in [3.63, 3.8) is 0 Å². The van der Waals surface area contributed by atoms with Crippen molar-refractivity contribution in [3.8, 4) is 5.75 Å². The van der Waals surface area contributed by atoms with Gasteiger partial charge >= 0.3 is 15.5 Å². The van der Waals surface area contributed by atoms with Crippen LogP contribution in [0.15, 0.2) is 30.0 Å². The molecule has 0 bridgehead atoms. The molecule has 7 nitrogen and oxygen atoms in total. The maximum atomic E-state index is 12.1. The SMILES string of the molecule is O=C(NCCNS(=O)(=O)C(F)(F)F)C1=Cc2ccccc2OO1. The molecule has 0 unspecified atom stereocenters. The molecule has 0 aromatic heterocycles. The van der Waals surface area contributed by atoms with Crippen LogP contribution in [0.3, 0.4) is 0 Å². The van der Waals surface area contributed by atoms with Crippen LogP contribution in [-0.2, 0) is 19.7 Å². The number of carbonyl (C=O) groups excluding carboxylic acids is 1. The summed E-state index contributed by atoms with van der Waals surface area (Å²) < 4.78 is 59.0. The molecule has 0 aliphatic carbocycles. The van der Waals surface area contributed by atoms with Gasteiger partial charge in [-0.05, 0) is 6.07 Å². The van der Waals surface area contributed by atoms with E-state index in [1.807, 2.05) is 0 Å². The van der Waals surface area contributed by atoms with Crippen molar-refractivity contribution in [3.05, 3.63) is 35.6 Å². The summed E-state index contributed by atoms with van der Waals surface area (Å²) in [5.41, 5.74) is -4.81. The third-order valence-electron chi connectivity index (χ3n) is 2.66. The number of alkyl halides is 3. The van der Waals surface area contributed by atoms with Crippen molar-refractivity contribution in [1.29, 1.82) is 0 Å². The quantitative estimate of drug-likeness (QED) is 0.607. The van der Waals surface area contributed by atoms with E-state index in [1.54, 1.807) is 24.3 Å². The topological polar surface area (TPSA) is 93.7 Å². The number of benzene rings is 1. The molecule has 1 aromatic rings. The number of hydrogen-bond acceptors (Lipinski definition) is 5. The second kappa shape index (κ2) is 6.46. The molecule has 2 rings (SSSR count). The summed E-state index contributed by atoms with van der Waals surface area (Å²) in [6.45, 7) is -0.991. The van der Waals surface area contributed by atoms with Crippen molar-refractivity contribution in [2.24, 2.45) is 0 Å². The highest BCUT2D eigenvalue weighted by Gasteiger charge is 2.45. The summed E-state index contributed by atoms with van der Waals surface area (Å²) >= 11 is 0. The average Bonchev–Trinajstić information content (AvgIpc) is 2.49. The van der Waals surface area contributed by atoms with Crippen LogP contribution in [0.25, 0.3) is 6.08 Å². The maximum absolute atomic E-state index is 12.1. The van der Waals surface area contributed by atoms with Crippen LogP contribution in [-0.4, -0.2) is 32.9 Å². The molecule has 0 atom stereocenters. The number of halogens is 3. The van der Waals surface area contributed by atoms with E-state index in [1.165, 1.54) is 10.8 Å². The zero-order valence-electron chi connectivity index (χ0n) is 11.4. The Bertz CT molecular complexity index is 730. The third-order valence-corrected chi connectivity index (χ3v) is 3.85. The summed E-state index contributed by atoms with van der Waals surface area (Å²) in [5.74, 6) is -0.560. The maximum Gasteiger partial charge on any atom is 0.511 e. The minimum Gasteiger partial charge on any atom is -0.348 e.